The maximum atomic E-state index is 9.74. The first-order chi connectivity index (χ1) is 5.27. The molecule has 0 aliphatic rings. The Morgan fingerprint density at radius 2 is 2.09 bits per heavy atom. The molecule has 0 fully saturated rings. The average Bonchev–Trinajstić information content (AvgIpc) is 1.96. The molecule has 0 spiro atoms. The number of carbonyl (C=O) groups is 1. The third kappa shape index (κ3) is 9.23. The van der Waals surface area contributed by atoms with Gasteiger partial charge in [-0.25, -0.2) is 4.79 Å². The van der Waals surface area contributed by atoms with Crippen molar-refractivity contribution >= 4 is 6.16 Å². The van der Waals surface area contributed by atoms with Gasteiger partial charge in [0.15, 0.2) is 0 Å². The second-order valence-corrected chi connectivity index (χ2v) is 2.23. The molecule has 0 heterocycles. The van der Waals surface area contributed by atoms with E-state index in [2.05, 4.69) is 16.7 Å². The lowest BCUT2D eigenvalue weighted by atomic mass is 10.2. The van der Waals surface area contributed by atoms with Crippen molar-refractivity contribution in [2.24, 2.45) is 0 Å². The molecule has 4 heteroatoms. The van der Waals surface area contributed by atoms with E-state index in [0.29, 0.717) is 6.61 Å². The smallest absolute Gasteiger partial charge is 0.448 e. The van der Waals surface area contributed by atoms with Gasteiger partial charge in [0.05, 0.1) is 6.61 Å². The molecular formula is C7H14O4. The molecule has 0 unspecified atom stereocenters. The Kier molecular flexibility index (Phi) is 6.82. The van der Waals surface area contributed by atoms with Crippen molar-refractivity contribution in [2.75, 3.05) is 6.61 Å². The van der Waals surface area contributed by atoms with Gasteiger partial charge in [-0.2, -0.15) is 4.89 Å². The zero-order chi connectivity index (χ0) is 8.53. The third-order valence-electron chi connectivity index (χ3n) is 1.21. The van der Waals surface area contributed by atoms with Crippen LogP contribution in [0.5, 0.6) is 0 Å². The Morgan fingerprint density at radius 3 is 2.64 bits per heavy atom. The van der Waals surface area contributed by atoms with Gasteiger partial charge in [-0.15, -0.1) is 0 Å². The zero-order valence-corrected chi connectivity index (χ0v) is 6.71. The van der Waals surface area contributed by atoms with Crippen LogP contribution in [0.1, 0.15) is 32.6 Å². The van der Waals surface area contributed by atoms with Crippen LogP contribution in [-0.4, -0.2) is 17.9 Å². The summed E-state index contributed by atoms with van der Waals surface area (Å²) in [6, 6.07) is 0. The van der Waals surface area contributed by atoms with Gasteiger partial charge >= 0.3 is 6.16 Å². The molecule has 0 aromatic heterocycles. The Hall–Kier alpha value is -0.770. The highest BCUT2D eigenvalue weighted by Gasteiger charge is 1.95. The van der Waals surface area contributed by atoms with E-state index in [1.807, 2.05) is 0 Å². The van der Waals surface area contributed by atoms with Crippen molar-refractivity contribution in [3.8, 4) is 0 Å². The van der Waals surface area contributed by atoms with Crippen molar-refractivity contribution in [2.45, 2.75) is 32.6 Å². The van der Waals surface area contributed by atoms with E-state index in [0.717, 1.165) is 25.7 Å². The van der Waals surface area contributed by atoms with Crippen LogP contribution in [0.15, 0.2) is 0 Å². The fraction of sp³-hybridized carbons (Fsp3) is 0.857. The lowest BCUT2D eigenvalue weighted by Gasteiger charge is -1.98. The van der Waals surface area contributed by atoms with Gasteiger partial charge in [-0.05, 0) is 6.42 Å². The normalized spacial score (nSPS) is 9.55. The first-order valence-electron chi connectivity index (χ1n) is 3.79. The molecule has 0 amide bonds. The summed E-state index contributed by atoms with van der Waals surface area (Å²) in [4.78, 5) is 17.9. The van der Waals surface area contributed by atoms with Crippen LogP contribution in [0.25, 0.3) is 0 Å². The van der Waals surface area contributed by atoms with E-state index < -0.39 is 6.16 Å². The molecule has 4 nitrogen and oxygen atoms in total. The van der Waals surface area contributed by atoms with Gasteiger partial charge < -0.3 is 5.11 Å². The number of hydrogen-bond donors (Lipinski definition) is 1. The second kappa shape index (κ2) is 7.34. The number of unbranched alkanes of at least 4 members (excludes halogenated alkanes) is 3. The molecule has 1 N–H and O–H groups in total. The quantitative estimate of drug-likeness (QED) is 0.369. The molecule has 0 radical (unpaired) electrons. The highest BCUT2D eigenvalue weighted by Crippen LogP contribution is 1.98. The first-order valence-corrected chi connectivity index (χ1v) is 3.79. The molecule has 0 saturated heterocycles. The van der Waals surface area contributed by atoms with Gasteiger partial charge in [-0.3, -0.25) is 4.89 Å². The molecule has 0 aromatic carbocycles. The van der Waals surface area contributed by atoms with Crippen molar-refractivity contribution in [1.29, 1.82) is 0 Å². The summed E-state index contributed by atoms with van der Waals surface area (Å²) < 4.78 is 0. The maximum Gasteiger partial charge on any atom is 0.537 e. The van der Waals surface area contributed by atoms with Crippen LogP contribution in [-0.2, 0) is 9.78 Å². The monoisotopic (exact) mass is 162 g/mol. The minimum atomic E-state index is -1.39. The van der Waals surface area contributed by atoms with Crippen LogP contribution in [0.4, 0.5) is 4.79 Å². The van der Waals surface area contributed by atoms with Crippen molar-refractivity contribution in [3.63, 3.8) is 0 Å². The lowest BCUT2D eigenvalue weighted by Crippen LogP contribution is -2.02. The number of carboxylic acid groups (broad SMARTS) is 1. The molecule has 0 aliphatic heterocycles. The highest BCUT2D eigenvalue weighted by molar-refractivity contribution is 5.55. The standard InChI is InChI=1S/C7H14O4/c1-2-3-4-5-6-10-11-7(8)9/h2-6H2,1H3,(H,8,9). The first kappa shape index (κ1) is 10.2. The molecule has 0 atom stereocenters. The molecular weight excluding hydrogens is 148 g/mol. The van der Waals surface area contributed by atoms with Crippen molar-refractivity contribution in [1.82, 2.24) is 0 Å². The molecule has 11 heavy (non-hydrogen) atoms. The third-order valence-corrected chi connectivity index (χ3v) is 1.21. The van der Waals surface area contributed by atoms with E-state index >= 15 is 0 Å². The summed E-state index contributed by atoms with van der Waals surface area (Å²) in [6.45, 7) is 2.46. The van der Waals surface area contributed by atoms with Gasteiger partial charge in [0.1, 0.15) is 0 Å². The predicted octanol–water partition coefficient (Wildman–Crippen LogP) is 2.19. The summed E-state index contributed by atoms with van der Waals surface area (Å²) >= 11 is 0. The minimum absolute atomic E-state index is 0.353. The van der Waals surface area contributed by atoms with Gasteiger partial charge in [0.2, 0.25) is 0 Å². The molecule has 0 aliphatic carbocycles. The summed E-state index contributed by atoms with van der Waals surface area (Å²) in [6.07, 6.45) is 2.82. The Morgan fingerprint density at radius 1 is 1.36 bits per heavy atom. The lowest BCUT2D eigenvalue weighted by molar-refractivity contribution is -0.251. The van der Waals surface area contributed by atoms with Crippen LogP contribution in [0.2, 0.25) is 0 Å². The largest absolute Gasteiger partial charge is 0.537 e. The summed E-state index contributed by atoms with van der Waals surface area (Å²) in [5, 5.41) is 7.97. The number of hydrogen-bond acceptors (Lipinski definition) is 3. The van der Waals surface area contributed by atoms with Crippen LogP contribution < -0.4 is 0 Å². The Bertz CT molecular complexity index is 103. The van der Waals surface area contributed by atoms with Crippen molar-refractivity contribution < 1.29 is 19.7 Å². The van der Waals surface area contributed by atoms with E-state index in [1.54, 1.807) is 0 Å². The molecule has 0 aromatic rings. The van der Waals surface area contributed by atoms with Gasteiger partial charge in [0, 0.05) is 0 Å². The molecule has 66 valence electrons. The second-order valence-electron chi connectivity index (χ2n) is 2.23. The van der Waals surface area contributed by atoms with Crippen LogP contribution >= 0.6 is 0 Å². The van der Waals surface area contributed by atoms with E-state index in [1.165, 1.54) is 0 Å². The number of rotatable bonds is 6. The van der Waals surface area contributed by atoms with Crippen LogP contribution in [0, 0.1) is 0 Å². The van der Waals surface area contributed by atoms with Crippen LogP contribution in [0.3, 0.4) is 0 Å². The Balaban J connectivity index is 2.85. The summed E-state index contributed by atoms with van der Waals surface area (Å²) in [5.74, 6) is 0. The predicted molar refractivity (Wildman–Crippen MR) is 39.2 cm³/mol. The molecule has 0 bridgehead atoms. The molecule has 0 saturated carbocycles. The fourth-order valence-electron chi connectivity index (χ4n) is 0.680. The Labute approximate surface area is 66.0 Å². The summed E-state index contributed by atoms with van der Waals surface area (Å²) in [5.41, 5.74) is 0. The van der Waals surface area contributed by atoms with E-state index in [-0.39, 0.29) is 0 Å². The topological polar surface area (TPSA) is 55.8 Å². The average molecular weight is 162 g/mol. The molecule has 0 rings (SSSR count). The maximum absolute atomic E-state index is 9.74. The van der Waals surface area contributed by atoms with E-state index in [4.69, 9.17) is 5.11 Å². The zero-order valence-electron chi connectivity index (χ0n) is 6.71. The van der Waals surface area contributed by atoms with Crippen molar-refractivity contribution in [3.05, 3.63) is 0 Å². The van der Waals surface area contributed by atoms with E-state index in [9.17, 15) is 4.79 Å². The minimum Gasteiger partial charge on any atom is -0.448 e. The van der Waals surface area contributed by atoms with Gasteiger partial charge in [0.25, 0.3) is 0 Å². The summed E-state index contributed by atoms with van der Waals surface area (Å²) in [7, 11) is 0. The fourth-order valence-corrected chi connectivity index (χ4v) is 0.680. The SMILES string of the molecule is CCCCCCOOC(=O)O. The highest BCUT2D eigenvalue weighted by atomic mass is 17.2. The van der Waals surface area contributed by atoms with Gasteiger partial charge in [-0.1, -0.05) is 26.2 Å².